The number of carbonyl (C=O) groups is 1. The van der Waals surface area contributed by atoms with E-state index in [0.29, 0.717) is 10.6 Å². The first-order valence-electron chi connectivity index (χ1n) is 5.45. The maximum atomic E-state index is 11.3. The highest BCUT2D eigenvalue weighted by Crippen LogP contribution is 2.25. The van der Waals surface area contributed by atoms with Crippen LogP contribution in [0.25, 0.3) is 11.4 Å². The number of nitrogens with zero attached hydrogens (tertiary/aromatic N) is 2. The van der Waals surface area contributed by atoms with E-state index in [1.807, 2.05) is 16.8 Å². The minimum Gasteiger partial charge on any atom is -0.331 e. The van der Waals surface area contributed by atoms with Crippen LogP contribution < -0.4 is 0 Å². The van der Waals surface area contributed by atoms with Gasteiger partial charge < -0.3 is 4.57 Å². The monoisotopic (exact) mass is 248 g/mol. The molecule has 0 bridgehead atoms. The van der Waals surface area contributed by atoms with Crippen LogP contribution in [0.1, 0.15) is 24.2 Å². The number of ketones is 1. The summed E-state index contributed by atoms with van der Waals surface area (Å²) in [6, 6.07) is 5.40. The minimum absolute atomic E-state index is 0.0274. The molecule has 0 atom stereocenters. The molecule has 0 amide bonds. The van der Waals surface area contributed by atoms with Crippen molar-refractivity contribution in [2.75, 3.05) is 0 Å². The number of hydrogen-bond donors (Lipinski definition) is 0. The van der Waals surface area contributed by atoms with Gasteiger partial charge in [-0.25, -0.2) is 4.98 Å². The molecule has 0 aliphatic rings. The first-order chi connectivity index (χ1) is 8.13. The Hall–Kier alpha value is -1.61. The maximum Gasteiger partial charge on any atom is 0.161 e. The number of rotatable bonds is 3. The number of hydrogen-bond acceptors (Lipinski definition) is 2. The van der Waals surface area contributed by atoms with Gasteiger partial charge in [0.2, 0.25) is 0 Å². The molecule has 1 aromatic heterocycles. The van der Waals surface area contributed by atoms with Crippen molar-refractivity contribution in [2.45, 2.75) is 20.4 Å². The van der Waals surface area contributed by atoms with E-state index < -0.39 is 0 Å². The van der Waals surface area contributed by atoms with Crippen LogP contribution in [-0.4, -0.2) is 15.3 Å². The summed E-state index contributed by atoms with van der Waals surface area (Å²) in [5.41, 5.74) is 1.47. The number of benzene rings is 1. The zero-order chi connectivity index (χ0) is 12.4. The van der Waals surface area contributed by atoms with Crippen LogP contribution in [0.4, 0.5) is 0 Å². The van der Waals surface area contributed by atoms with Gasteiger partial charge in [0.25, 0.3) is 0 Å². The van der Waals surface area contributed by atoms with Crippen LogP contribution >= 0.6 is 11.6 Å². The fourth-order valence-corrected chi connectivity index (χ4v) is 2.08. The first kappa shape index (κ1) is 11.9. The summed E-state index contributed by atoms with van der Waals surface area (Å²) in [5.74, 6) is 0.838. The van der Waals surface area contributed by atoms with Crippen LogP contribution in [-0.2, 0) is 6.54 Å². The summed E-state index contributed by atoms with van der Waals surface area (Å²) >= 11 is 6.08. The molecule has 0 saturated heterocycles. The number of aromatic nitrogens is 2. The SMILES string of the molecule is CCn1ccnc1-c1ccc(C(C)=O)c(Cl)c1. The number of aryl methyl sites for hydroxylation is 1. The van der Waals surface area contributed by atoms with Gasteiger partial charge in [0, 0.05) is 30.1 Å². The Morgan fingerprint density at radius 2 is 2.24 bits per heavy atom. The predicted octanol–water partition coefficient (Wildman–Crippen LogP) is 3.43. The highest BCUT2D eigenvalue weighted by Gasteiger charge is 2.10. The van der Waals surface area contributed by atoms with E-state index in [-0.39, 0.29) is 5.78 Å². The van der Waals surface area contributed by atoms with Crippen molar-refractivity contribution in [3.05, 3.63) is 41.2 Å². The zero-order valence-corrected chi connectivity index (χ0v) is 10.5. The second-order valence-corrected chi connectivity index (χ2v) is 4.19. The molecule has 0 unspecified atom stereocenters. The molecule has 1 aromatic carbocycles. The Balaban J connectivity index is 2.48. The Labute approximate surface area is 105 Å². The molecule has 2 rings (SSSR count). The van der Waals surface area contributed by atoms with Crippen LogP contribution in [0.15, 0.2) is 30.6 Å². The molecule has 0 aliphatic heterocycles. The number of imidazole rings is 1. The van der Waals surface area contributed by atoms with Crippen molar-refractivity contribution in [3.8, 4) is 11.4 Å². The highest BCUT2D eigenvalue weighted by molar-refractivity contribution is 6.34. The first-order valence-corrected chi connectivity index (χ1v) is 5.83. The van der Waals surface area contributed by atoms with Crippen LogP contribution in [0, 0.1) is 0 Å². The lowest BCUT2D eigenvalue weighted by atomic mass is 10.1. The van der Waals surface area contributed by atoms with E-state index in [9.17, 15) is 4.79 Å². The van der Waals surface area contributed by atoms with Gasteiger partial charge in [0.05, 0.1) is 5.02 Å². The Morgan fingerprint density at radius 3 is 2.82 bits per heavy atom. The topological polar surface area (TPSA) is 34.9 Å². The van der Waals surface area contributed by atoms with Gasteiger partial charge in [-0.15, -0.1) is 0 Å². The molecule has 1 heterocycles. The minimum atomic E-state index is -0.0274. The molecule has 0 spiro atoms. The second-order valence-electron chi connectivity index (χ2n) is 3.79. The molecule has 2 aromatic rings. The summed E-state index contributed by atoms with van der Waals surface area (Å²) in [7, 11) is 0. The van der Waals surface area contributed by atoms with Crippen molar-refractivity contribution in [2.24, 2.45) is 0 Å². The Kier molecular flexibility index (Phi) is 3.29. The zero-order valence-electron chi connectivity index (χ0n) is 9.77. The van der Waals surface area contributed by atoms with Gasteiger partial charge in [-0.3, -0.25) is 4.79 Å². The van der Waals surface area contributed by atoms with Gasteiger partial charge in [0.1, 0.15) is 5.82 Å². The molecule has 4 heteroatoms. The van der Waals surface area contributed by atoms with Crippen molar-refractivity contribution in [1.82, 2.24) is 9.55 Å². The lowest BCUT2D eigenvalue weighted by Crippen LogP contribution is -1.98. The van der Waals surface area contributed by atoms with E-state index in [2.05, 4.69) is 11.9 Å². The van der Waals surface area contributed by atoms with E-state index in [1.54, 1.807) is 18.3 Å². The van der Waals surface area contributed by atoms with E-state index in [0.717, 1.165) is 17.9 Å². The fourth-order valence-electron chi connectivity index (χ4n) is 1.76. The van der Waals surface area contributed by atoms with E-state index in [1.165, 1.54) is 6.92 Å². The number of Topliss-reactive ketones (excluding diaryl/α,β-unsaturated/α-hetero) is 1. The van der Waals surface area contributed by atoms with Crippen molar-refractivity contribution in [1.29, 1.82) is 0 Å². The predicted molar refractivity (Wildman–Crippen MR) is 68.4 cm³/mol. The summed E-state index contributed by atoms with van der Waals surface area (Å²) in [6.07, 6.45) is 3.67. The Morgan fingerprint density at radius 1 is 1.47 bits per heavy atom. The third-order valence-electron chi connectivity index (χ3n) is 2.66. The largest absolute Gasteiger partial charge is 0.331 e. The Bertz CT molecular complexity index is 560. The molecule has 0 radical (unpaired) electrons. The summed E-state index contributed by atoms with van der Waals surface area (Å²) in [5, 5.41) is 0.473. The molecule has 17 heavy (non-hydrogen) atoms. The van der Waals surface area contributed by atoms with E-state index >= 15 is 0 Å². The smallest absolute Gasteiger partial charge is 0.161 e. The van der Waals surface area contributed by atoms with Crippen molar-refractivity contribution in [3.63, 3.8) is 0 Å². The molecule has 0 N–H and O–H groups in total. The summed E-state index contributed by atoms with van der Waals surface area (Å²) < 4.78 is 2.03. The molecule has 0 saturated carbocycles. The van der Waals surface area contributed by atoms with Crippen LogP contribution in [0.5, 0.6) is 0 Å². The molecular formula is C13H13ClN2O. The van der Waals surface area contributed by atoms with Gasteiger partial charge in [-0.1, -0.05) is 17.7 Å². The van der Waals surface area contributed by atoms with Gasteiger partial charge >= 0.3 is 0 Å². The van der Waals surface area contributed by atoms with Gasteiger partial charge in [-0.05, 0) is 26.0 Å². The molecule has 0 fully saturated rings. The summed E-state index contributed by atoms with van der Waals surface area (Å²) in [6.45, 7) is 4.41. The van der Waals surface area contributed by atoms with Crippen molar-refractivity contribution < 1.29 is 4.79 Å². The van der Waals surface area contributed by atoms with Crippen LogP contribution in [0.2, 0.25) is 5.02 Å². The lowest BCUT2D eigenvalue weighted by molar-refractivity contribution is 0.101. The maximum absolute atomic E-state index is 11.3. The van der Waals surface area contributed by atoms with Gasteiger partial charge in [-0.2, -0.15) is 0 Å². The number of halogens is 1. The lowest BCUT2D eigenvalue weighted by Gasteiger charge is -2.06. The quantitative estimate of drug-likeness (QED) is 0.780. The number of carbonyl (C=O) groups excluding carboxylic acids is 1. The normalized spacial score (nSPS) is 10.5. The fraction of sp³-hybridized carbons (Fsp3) is 0.231. The highest BCUT2D eigenvalue weighted by atomic mass is 35.5. The van der Waals surface area contributed by atoms with E-state index in [4.69, 9.17) is 11.6 Å². The van der Waals surface area contributed by atoms with Gasteiger partial charge in [0.15, 0.2) is 5.78 Å². The average Bonchev–Trinajstić information content (AvgIpc) is 2.76. The molecule has 0 aliphatic carbocycles. The standard InChI is InChI=1S/C13H13ClN2O/c1-3-16-7-6-15-13(16)10-4-5-11(9(2)17)12(14)8-10/h4-8H,3H2,1-2H3. The molecule has 3 nitrogen and oxygen atoms in total. The second kappa shape index (κ2) is 4.72. The molecular weight excluding hydrogens is 236 g/mol. The third kappa shape index (κ3) is 2.24. The molecule has 88 valence electrons. The average molecular weight is 249 g/mol. The van der Waals surface area contributed by atoms with Crippen molar-refractivity contribution >= 4 is 17.4 Å². The summed E-state index contributed by atoms with van der Waals surface area (Å²) in [4.78, 5) is 15.6. The van der Waals surface area contributed by atoms with Crippen LogP contribution in [0.3, 0.4) is 0 Å². The third-order valence-corrected chi connectivity index (χ3v) is 2.98.